The van der Waals surface area contributed by atoms with E-state index < -0.39 is 0 Å². The van der Waals surface area contributed by atoms with Crippen molar-refractivity contribution in [3.05, 3.63) is 193 Å². The zero-order valence-corrected chi connectivity index (χ0v) is 27.4. The Morgan fingerprint density at radius 3 is 1.80 bits per heavy atom. The highest BCUT2D eigenvalue weighted by molar-refractivity contribution is 6.31. The predicted octanol–water partition coefficient (Wildman–Crippen LogP) is 13.4. The van der Waals surface area contributed by atoms with Gasteiger partial charge in [0.25, 0.3) is 0 Å². The summed E-state index contributed by atoms with van der Waals surface area (Å²) in [6, 6.07) is 66.7. The van der Waals surface area contributed by atoms with E-state index in [2.05, 4.69) is 185 Å². The zero-order valence-electron chi connectivity index (χ0n) is 26.7. The normalized spacial score (nSPS) is 11.4. The van der Waals surface area contributed by atoms with Crippen molar-refractivity contribution in [2.24, 2.45) is 0 Å². The molecule has 49 heavy (non-hydrogen) atoms. The SMILES string of the molecule is Clc1cc(-c2ccc3c4c5ccccc5ccc4n(-c4ccccc4)c3c2)cc(N(c2ccccc2)c2ccc(-c3ccccc3)cc2)c1. The highest BCUT2D eigenvalue weighted by atomic mass is 35.5. The summed E-state index contributed by atoms with van der Waals surface area (Å²) in [5, 5.41) is 5.68. The topological polar surface area (TPSA) is 8.17 Å². The van der Waals surface area contributed by atoms with Crippen LogP contribution in [-0.4, -0.2) is 4.57 Å². The van der Waals surface area contributed by atoms with Crippen LogP contribution in [0.3, 0.4) is 0 Å². The summed E-state index contributed by atoms with van der Waals surface area (Å²) in [6.45, 7) is 0. The van der Waals surface area contributed by atoms with Crippen molar-refractivity contribution in [3.8, 4) is 27.9 Å². The monoisotopic (exact) mass is 646 g/mol. The molecule has 0 N–H and O–H groups in total. The summed E-state index contributed by atoms with van der Waals surface area (Å²) >= 11 is 6.97. The molecule has 0 unspecified atom stereocenters. The number of benzene rings is 8. The molecule has 0 bridgehead atoms. The zero-order chi connectivity index (χ0) is 32.7. The van der Waals surface area contributed by atoms with Crippen molar-refractivity contribution >= 4 is 61.2 Å². The van der Waals surface area contributed by atoms with Gasteiger partial charge in [-0.15, -0.1) is 0 Å². The second-order valence-corrected chi connectivity index (χ2v) is 12.8. The maximum Gasteiger partial charge on any atom is 0.0547 e. The minimum absolute atomic E-state index is 0.684. The molecule has 3 heteroatoms. The van der Waals surface area contributed by atoms with E-state index in [1.165, 1.54) is 38.2 Å². The van der Waals surface area contributed by atoms with Crippen molar-refractivity contribution in [1.29, 1.82) is 0 Å². The second-order valence-electron chi connectivity index (χ2n) is 12.4. The van der Waals surface area contributed by atoms with Crippen LogP contribution in [0.5, 0.6) is 0 Å². The average molecular weight is 647 g/mol. The molecule has 0 aliphatic rings. The van der Waals surface area contributed by atoms with Gasteiger partial charge in [-0.1, -0.05) is 133 Å². The fourth-order valence-electron chi connectivity index (χ4n) is 7.15. The van der Waals surface area contributed by atoms with E-state index in [9.17, 15) is 0 Å². The first kappa shape index (κ1) is 29.1. The van der Waals surface area contributed by atoms with Crippen LogP contribution in [0, 0.1) is 0 Å². The van der Waals surface area contributed by atoms with Gasteiger partial charge in [-0.3, -0.25) is 0 Å². The molecule has 0 spiro atoms. The first-order valence-electron chi connectivity index (χ1n) is 16.5. The second kappa shape index (κ2) is 12.2. The van der Waals surface area contributed by atoms with Gasteiger partial charge in [0.1, 0.15) is 0 Å². The van der Waals surface area contributed by atoms with Crippen LogP contribution in [0.25, 0.3) is 60.5 Å². The number of fused-ring (bicyclic) bond motifs is 5. The molecule has 1 aromatic heterocycles. The smallest absolute Gasteiger partial charge is 0.0547 e. The molecule has 0 amide bonds. The highest BCUT2D eigenvalue weighted by Crippen LogP contribution is 2.42. The summed E-state index contributed by atoms with van der Waals surface area (Å²) in [4.78, 5) is 2.27. The number of nitrogens with zero attached hydrogens (tertiary/aromatic N) is 2. The third-order valence-corrected chi connectivity index (χ3v) is 9.61. The van der Waals surface area contributed by atoms with E-state index in [1.807, 2.05) is 12.1 Å². The first-order valence-corrected chi connectivity index (χ1v) is 16.9. The molecule has 0 saturated heterocycles. The number of hydrogen-bond acceptors (Lipinski definition) is 1. The number of hydrogen-bond donors (Lipinski definition) is 0. The molecule has 0 saturated carbocycles. The summed E-state index contributed by atoms with van der Waals surface area (Å²) in [5.74, 6) is 0. The summed E-state index contributed by atoms with van der Waals surface area (Å²) in [7, 11) is 0. The van der Waals surface area contributed by atoms with Gasteiger partial charge in [0.2, 0.25) is 0 Å². The Bertz CT molecular complexity index is 2590. The van der Waals surface area contributed by atoms with Crippen LogP contribution < -0.4 is 4.90 Å². The van der Waals surface area contributed by atoms with Gasteiger partial charge < -0.3 is 9.47 Å². The fourth-order valence-corrected chi connectivity index (χ4v) is 7.38. The molecule has 1 heterocycles. The van der Waals surface area contributed by atoms with E-state index in [0.717, 1.165) is 39.4 Å². The quantitative estimate of drug-likeness (QED) is 0.174. The fraction of sp³-hybridized carbons (Fsp3) is 0. The van der Waals surface area contributed by atoms with Gasteiger partial charge in [-0.25, -0.2) is 0 Å². The molecule has 9 aromatic rings. The van der Waals surface area contributed by atoms with Crippen LogP contribution in [0.15, 0.2) is 188 Å². The standard InChI is InChI=1S/C46H31ClN2/c47-37-28-36(29-41(31-37)48(38-15-6-2-7-16-38)40-24-20-33(21-25-40)32-12-4-1-5-13-32)35-22-26-43-45(30-35)49(39-17-8-3-9-18-39)44-27-23-34-14-10-11-19-42(34)46(43)44/h1-31H. The Labute approximate surface area is 290 Å². The van der Waals surface area contributed by atoms with Crippen molar-refractivity contribution in [2.75, 3.05) is 4.90 Å². The van der Waals surface area contributed by atoms with Crippen molar-refractivity contribution in [2.45, 2.75) is 0 Å². The van der Waals surface area contributed by atoms with Gasteiger partial charge in [0, 0.05) is 38.5 Å². The third kappa shape index (κ3) is 5.24. The maximum absolute atomic E-state index is 6.97. The van der Waals surface area contributed by atoms with Crippen LogP contribution >= 0.6 is 11.6 Å². The number of anilines is 3. The van der Waals surface area contributed by atoms with Gasteiger partial charge in [0.05, 0.1) is 11.0 Å². The molecule has 232 valence electrons. The molecule has 8 aromatic carbocycles. The van der Waals surface area contributed by atoms with Crippen LogP contribution in [0.1, 0.15) is 0 Å². The minimum atomic E-state index is 0.684. The summed E-state index contributed by atoms with van der Waals surface area (Å²) in [6.07, 6.45) is 0. The van der Waals surface area contributed by atoms with E-state index in [1.54, 1.807) is 0 Å². The average Bonchev–Trinajstić information content (AvgIpc) is 3.50. The lowest BCUT2D eigenvalue weighted by Gasteiger charge is -2.26. The highest BCUT2D eigenvalue weighted by Gasteiger charge is 2.18. The Kier molecular flexibility index (Phi) is 7.22. The number of aromatic nitrogens is 1. The number of rotatable bonds is 6. The molecule has 0 fully saturated rings. The lowest BCUT2D eigenvalue weighted by Crippen LogP contribution is -2.10. The molecule has 0 atom stereocenters. The van der Waals surface area contributed by atoms with E-state index in [-0.39, 0.29) is 0 Å². The molecule has 0 radical (unpaired) electrons. The first-order chi connectivity index (χ1) is 24.2. The van der Waals surface area contributed by atoms with Crippen LogP contribution in [-0.2, 0) is 0 Å². The lowest BCUT2D eigenvalue weighted by molar-refractivity contribution is 1.18. The molecule has 0 aliphatic heterocycles. The number of para-hydroxylation sites is 2. The Hall–Kier alpha value is -6.09. The van der Waals surface area contributed by atoms with Gasteiger partial charge in [0.15, 0.2) is 0 Å². The predicted molar refractivity (Wildman–Crippen MR) is 209 cm³/mol. The molecular weight excluding hydrogens is 616 g/mol. The van der Waals surface area contributed by atoms with Crippen molar-refractivity contribution < 1.29 is 0 Å². The van der Waals surface area contributed by atoms with E-state index in [4.69, 9.17) is 11.6 Å². The van der Waals surface area contributed by atoms with Gasteiger partial charge in [-0.05, 0) is 99.8 Å². The minimum Gasteiger partial charge on any atom is -0.310 e. The van der Waals surface area contributed by atoms with Crippen LogP contribution in [0.4, 0.5) is 17.1 Å². The summed E-state index contributed by atoms with van der Waals surface area (Å²) < 4.78 is 2.39. The molecule has 9 rings (SSSR count). The van der Waals surface area contributed by atoms with Crippen molar-refractivity contribution in [3.63, 3.8) is 0 Å². The molecule has 2 nitrogen and oxygen atoms in total. The molecule has 0 aliphatic carbocycles. The number of halogens is 1. The Morgan fingerprint density at radius 1 is 0.388 bits per heavy atom. The largest absolute Gasteiger partial charge is 0.310 e. The Morgan fingerprint density at radius 2 is 1.02 bits per heavy atom. The third-order valence-electron chi connectivity index (χ3n) is 9.39. The maximum atomic E-state index is 6.97. The lowest BCUT2D eigenvalue weighted by atomic mass is 10.00. The van der Waals surface area contributed by atoms with Gasteiger partial charge >= 0.3 is 0 Å². The van der Waals surface area contributed by atoms with E-state index in [0.29, 0.717) is 5.02 Å². The van der Waals surface area contributed by atoms with Gasteiger partial charge in [-0.2, -0.15) is 0 Å². The van der Waals surface area contributed by atoms with E-state index >= 15 is 0 Å². The Balaban J connectivity index is 1.22. The summed E-state index contributed by atoms with van der Waals surface area (Å²) in [5.41, 5.74) is 11.1. The van der Waals surface area contributed by atoms with Crippen molar-refractivity contribution in [1.82, 2.24) is 4.57 Å². The molecular formula is C46H31ClN2. The van der Waals surface area contributed by atoms with Crippen LogP contribution in [0.2, 0.25) is 5.02 Å².